The van der Waals surface area contributed by atoms with E-state index in [2.05, 4.69) is 0 Å². The van der Waals surface area contributed by atoms with Crippen LogP contribution in [0.1, 0.15) is 10.4 Å². The van der Waals surface area contributed by atoms with Gasteiger partial charge in [0.15, 0.2) is 0 Å². The van der Waals surface area contributed by atoms with Crippen LogP contribution in [0.25, 0.3) is 0 Å². The van der Waals surface area contributed by atoms with Gasteiger partial charge in [0.1, 0.15) is 0 Å². The molecule has 1 aromatic rings. The molecule has 1 aliphatic rings. The summed E-state index contributed by atoms with van der Waals surface area (Å²) in [5.74, 6) is -0.00333. The van der Waals surface area contributed by atoms with Gasteiger partial charge in [-0.1, -0.05) is 12.1 Å². The van der Waals surface area contributed by atoms with Crippen LogP contribution in [0, 0.1) is 0 Å². The molecule has 1 amide bonds. The number of hydrogen-bond acceptors (Lipinski definition) is 3. The molecule has 5 heteroatoms. The van der Waals surface area contributed by atoms with Crippen molar-refractivity contribution in [3.05, 3.63) is 29.8 Å². The number of amides is 1. The molecule has 0 saturated carbocycles. The molecule has 0 aliphatic carbocycles. The lowest BCUT2D eigenvalue weighted by Gasteiger charge is -2.27. The van der Waals surface area contributed by atoms with Gasteiger partial charge in [-0.2, -0.15) is 0 Å². The van der Waals surface area contributed by atoms with Gasteiger partial charge >= 0.3 is 0 Å². The van der Waals surface area contributed by atoms with Crippen molar-refractivity contribution in [3.63, 3.8) is 0 Å². The van der Waals surface area contributed by atoms with Crippen LogP contribution in [-0.2, 0) is 4.74 Å². The lowest BCUT2D eigenvalue weighted by atomic mass is 10.1. The Hall–Kier alpha value is -1.26. The monoisotopic (exact) mass is 242 g/mol. The zero-order chi connectivity index (χ0) is 10.7. The number of nitrogens with zero attached hydrogens (tertiary/aromatic N) is 1. The zero-order valence-electron chi connectivity index (χ0n) is 8.89. The SMILES string of the molecule is Cl.Nc1ccccc1C(=O)N1CCOCC1. The Bertz CT molecular complexity index is 365. The molecule has 2 rings (SSSR count). The summed E-state index contributed by atoms with van der Waals surface area (Å²) in [6, 6.07) is 7.15. The fraction of sp³-hybridized carbons (Fsp3) is 0.364. The van der Waals surface area contributed by atoms with Crippen molar-refractivity contribution in [2.45, 2.75) is 0 Å². The number of benzene rings is 1. The molecule has 0 aromatic heterocycles. The van der Waals surface area contributed by atoms with Crippen LogP contribution in [0.15, 0.2) is 24.3 Å². The van der Waals surface area contributed by atoms with Gasteiger partial charge in [0.25, 0.3) is 5.91 Å². The lowest BCUT2D eigenvalue weighted by molar-refractivity contribution is 0.0303. The quantitative estimate of drug-likeness (QED) is 0.752. The minimum absolute atomic E-state index is 0. The maximum atomic E-state index is 12.0. The van der Waals surface area contributed by atoms with Gasteiger partial charge in [-0.15, -0.1) is 12.4 Å². The third kappa shape index (κ3) is 2.65. The summed E-state index contributed by atoms with van der Waals surface area (Å²) in [5, 5.41) is 0. The predicted octanol–water partition coefficient (Wildman–Crippen LogP) is 1.16. The van der Waals surface area contributed by atoms with Crippen LogP contribution in [0.5, 0.6) is 0 Å². The van der Waals surface area contributed by atoms with Crippen molar-refractivity contribution >= 4 is 24.0 Å². The highest BCUT2D eigenvalue weighted by atomic mass is 35.5. The average Bonchev–Trinajstić information content (AvgIpc) is 2.30. The Labute approximate surface area is 101 Å². The smallest absolute Gasteiger partial charge is 0.256 e. The molecule has 4 nitrogen and oxygen atoms in total. The minimum atomic E-state index is -0.00333. The van der Waals surface area contributed by atoms with Gasteiger partial charge in [-0.3, -0.25) is 4.79 Å². The standard InChI is InChI=1S/C11H14N2O2.ClH/c12-10-4-2-1-3-9(10)11(14)13-5-7-15-8-6-13;/h1-4H,5-8,12H2;1H. The van der Waals surface area contributed by atoms with Crippen LogP contribution >= 0.6 is 12.4 Å². The second kappa shape index (κ2) is 5.72. The van der Waals surface area contributed by atoms with Crippen molar-refractivity contribution in [2.75, 3.05) is 32.0 Å². The molecule has 1 fully saturated rings. The largest absolute Gasteiger partial charge is 0.398 e. The highest BCUT2D eigenvalue weighted by Crippen LogP contribution is 2.14. The fourth-order valence-corrected chi connectivity index (χ4v) is 1.63. The van der Waals surface area contributed by atoms with E-state index in [0.29, 0.717) is 37.6 Å². The summed E-state index contributed by atoms with van der Waals surface area (Å²) in [6.07, 6.45) is 0. The molecule has 1 heterocycles. The Balaban J connectivity index is 0.00000128. The van der Waals surface area contributed by atoms with E-state index in [1.165, 1.54) is 0 Å². The fourth-order valence-electron chi connectivity index (χ4n) is 1.63. The molecule has 16 heavy (non-hydrogen) atoms. The molecular formula is C11H15ClN2O2. The molecule has 0 atom stereocenters. The van der Waals surface area contributed by atoms with Gasteiger partial charge in [0, 0.05) is 18.8 Å². The number of hydrogen-bond donors (Lipinski definition) is 1. The maximum absolute atomic E-state index is 12.0. The zero-order valence-corrected chi connectivity index (χ0v) is 9.70. The first kappa shape index (κ1) is 12.8. The number of morpholine rings is 1. The first-order valence-corrected chi connectivity index (χ1v) is 5.00. The summed E-state index contributed by atoms with van der Waals surface area (Å²) >= 11 is 0. The van der Waals surface area contributed by atoms with E-state index in [0.717, 1.165) is 0 Å². The van der Waals surface area contributed by atoms with E-state index >= 15 is 0 Å². The molecular weight excluding hydrogens is 228 g/mol. The van der Waals surface area contributed by atoms with E-state index in [-0.39, 0.29) is 18.3 Å². The van der Waals surface area contributed by atoms with Crippen LogP contribution in [0.3, 0.4) is 0 Å². The number of nitrogens with two attached hydrogens (primary N) is 1. The highest BCUT2D eigenvalue weighted by Gasteiger charge is 2.19. The Morgan fingerprint density at radius 3 is 2.50 bits per heavy atom. The summed E-state index contributed by atoms with van der Waals surface area (Å²) in [4.78, 5) is 13.8. The molecule has 0 radical (unpaired) electrons. The van der Waals surface area contributed by atoms with Gasteiger partial charge in [-0.05, 0) is 12.1 Å². The minimum Gasteiger partial charge on any atom is -0.398 e. The summed E-state index contributed by atoms with van der Waals surface area (Å²) < 4.78 is 5.19. The summed E-state index contributed by atoms with van der Waals surface area (Å²) in [7, 11) is 0. The van der Waals surface area contributed by atoms with Crippen LogP contribution in [-0.4, -0.2) is 37.1 Å². The first-order valence-electron chi connectivity index (χ1n) is 5.00. The average molecular weight is 243 g/mol. The number of halogens is 1. The third-order valence-electron chi connectivity index (χ3n) is 2.49. The number of carbonyl (C=O) groups excluding carboxylic acids is 1. The van der Waals surface area contributed by atoms with E-state index in [4.69, 9.17) is 10.5 Å². The molecule has 0 bridgehead atoms. The Kier molecular flexibility index (Phi) is 4.58. The van der Waals surface area contributed by atoms with Gasteiger partial charge in [0.05, 0.1) is 18.8 Å². The number of ether oxygens (including phenoxy) is 1. The lowest BCUT2D eigenvalue weighted by Crippen LogP contribution is -2.40. The number of nitrogen functional groups attached to an aromatic ring is 1. The normalized spacial score (nSPS) is 15.4. The molecule has 1 saturated heterocycles. The van der Waals surface area contributed by atoms with E-state index < -0.39 is 0 Å². The maximum Gasteiger partial charge on any atom is 0.256 e. The van der Waals surface area contributed by atoms with Crippen molar-refractivity contribution in [2.24, 2.45) is 0 Å². The van der Waals surface area contributed by atoms with Crippen LogP contribution < -0.4 is 5.73 Å². The molecule has 0 spiro atoms. The van der Waals surface area contributed by atoms with Gasteiger partial charge < -0.3 is 15.4 Å². The third-order valence-corrected chi connectivity index (χ3v) is 2.49. The number of carbonyl (C=O) groups is 1. The molecule has 2 N–H and O–H groups in total. The topological polar surface area (TPSA) is 55.6 Å². The molecule has 1 aliphatic heterocycles. The number of anilines is 1. The Morgan fingerprint density at radius 2 is 1.88 bits per heavy atom. The molecule has 88 valence electrons. The summed E-state index contributed by atoms with van der Waals surface area (Å²) in [5.41, 5.74) is 6.87. The van der Waals surface area contributed by atoms with Crippen molar-refractivity contribution in [1.82, 2.24) is 4.90 Å². The molecule has 1 aromatic carbocycles. The number of rotatable bonds is 1. The Morgan fingerprint density at radius 1 is 1.25 bits per heavy atom. The van der Waals surface area contributed by atoms with Crippen molar-refractivity contribution in [1.29, 1.82) is 0 Å². The second-order valence-corrected chi connectivity index (χ2v) is 3.49. The van der Waals surface area contributed by atoms with Crippen LogP contribution in [0.4, 0.5) is 5.69 Å². The van der Waals surface area contributed by atoms with Gasteiger partial charge in [-0.25, -0.2) is 0 Å². The van der Waals surface area contributed by atoms with E-state index in [1.54, 1.807) is 17.0 Å². The van der Waals surface area contributed by atoms with Crippen molar-refractivity contribution < 1.29 is 9.53 Å². The second-order valence-electron chi connectivity index (χ2n) is 3.49. The predicted molar refractivity (Wildman–Crippen MR) is 64.8 cm³/mol. The first-order chi connectivity index (χ1) is 7.29. The molecule has 0 unspecified atom stereocenters. The summed E-state index contributed by atoms with van der Waals surface area (Å²) in [6.45, 7) is 2.51. The number of para-hydroxylation sites is 1. The highest BCUT2D eigenvalue weighted by molar-refractivity contribution is 5.99. The van der Waals surface area contributed by atoms with Crippen molar-refractivity contribution in [3.8, 4) is 0 Å². The van der Waals surface area contributed by atoms with E-state index in [9.17, 15) is 4.79 Å². The van der Waals surface area contributed by atoms with Gasteiger partial charge in [0.2, 0.25) is 0 Å². The van der Waals surface area contributed by atoms with Crippen LogP contribution in [0.2, 0.25) is 0 Å². The van der Waals surface area contributed by atoms with E-state index in [1.807, 2.05) is 12.1 Å².